The minimum atomic E-state index is -0.496. The zero-order valence-electron chi connectivity index (χ0n) is 14.8. The summed E-state index contributed by atoms with van der Waals surface area (Å²) < 4.78 is 12.8. The van der Waals surface area contributed by atoms with Gasteiger partial charge in [-0.15, -0.1) is 0 Å². The Kier molecular flexibility index (Phi) is 7.39. The van der Waals surface area contributed by atoms with E-state index in [4.69, 9.17) is 9.47 Å². The van der Waals surface area contributed by atoms with Crippen LogP contribution in [0.1, 0.15) is 26.3 Å². The lowest BCUT2D eigenvalue weighted by Gasteiger charge is -2.19. The van der Waals surface area contributed by atoms with Gasteiger partial charge in [0, 0.05) is 6.54 Å². The van der Waals surface area contributed by atoms with Gasteiger partial charge in [0.15, 0.2) is 0 Å². The molecule has 0 atom stereocenters. The molecule has 0 saturated heterocycles. The van der Waals surface area contributed by atoms with Crippen LogP contribution in [-0.2, 0) is 11.2 Å². The lowest BCUT2D eigenvalue weighted by molar-refractivity contribution is 0.0528. The topological polar surface area (TPSA) is 67.8 Å². The number of aromatic hydroxyl groups is 1. The molecule has 0 aromatic heterocycles. The molecule has 0 radical (unpaired) electrons. The number of carbonyl (C=O) groups is 1. The molecule has 0 aliphatic rings. The van der Waals surface area contributed by atoms with Crippen molar-refractivity contribution in [3.05, 3.63) is 49.1 Å². The average molecular weight is 581 g/mol. The second-order valence-corrected chi connectivity index (χ2v) is 8.98. The average Bonchev–Trinajstić information content (AvgIpc) is 2.51. The van der Waals surface area contributed by atoms with E-state index in [0.29, 0.717) is 18.7 Å². The summed E-state index contributed by atoms with van der Waals surface area (Å²) >= 11 is 4.28. The highest BCUT2D eigenvalue weighted by atomic mass is 127. The maximum atomic E-state index is 11.7. The largest absolute Gasteiger partial charge is 0.507 e. The van der Waals surface area contributed by atoms with Crippen LogP contribution in [0.25, 0.3) is 0 Å². The van der Waals surface area contributed by atoms with Crippen LogP contribution in [0.3, 0.4) is 0 Å². The van der Waals surface area contributed by atoms with Gasteiger partial charge in [-0.1, -0.05) is 6.07 Å². The molecule has 2 rings (SSSR count). The first-order valence-corrected chi connectivity index (χ1v) is 10.2. The Morgan fingerprint density at radius 3 is 2.46 bits per heavy atom. The van der Waals surface area contributed by atoms with Crippen LogP contribution in [0.4, 0.5) is 4.79 Å². The molecule has 26 heavy (non-hydrogen) atoms. The van der Waals surface area contributed by atoms with E-state index in [-0.39, 0.29) is 5.75 Å². The van der Waals surface area contributed by atoms with Crippen molar-refractivity contribution < 1.29 is 19.4 Å². The monoisotopic (exact) mass is 581 g/mol. The van der Waals surface area contributed by atoms with Crippen LogP contribution in [0.15, 0.2) is 36.4 Å². The van der Waals surface area contributed by atoms with Crippen LogP contribution < -0.4 is 10.1 Å². The van der Waals surface area contributed by atoms with Crippen molar-refractivity contribution in [1.29, 1.82) is 0 Å². The number of phenolic OH excluding ortho intramolecular Hbond substituents is 1. The third-order valence-corrected chi connectivity index (χ3v) is 4.93. The Bertz CT molecular complexity index is 788. The molecule has 7 heteroatoms. The summed E-state index contributed by atoms with van der Waals surface area (Å²) in [5.74, 6) is 1.65. The van der Waals surface area contributed by atoms with Gasteiger partial charge in [0.05, 0.1) is 7.14 Å². The van der Waals surface area contributed by atoms with Gasteiger partial charge in [0.25, 0.3) is 0 Å². The fourth-order valence-electron chi connectivity index (χ4n) is 2.08. The number of hydrogen-bond donors (Lipinski definition) is 2. The fraction of sp³-hybridized carbons (Fsp3) is 0.316. The highest BCUT2D eigenvalue weighted by Crippen LogP contribution is 2.31. The van der Waals surface area contributed by atoms with Crippen LogP contribution in [0.2, 0.25) is 0 Å². The third kappa shape index (κ3) is 6.82. The normalized spacial score (nSPS) is 11.1. The summed E-state index contributed by atoms with van der Waals surface area (Å²) in [4.78, 5) is 11.7. The number of hydrogen-bond acceptors (Lipinski definition) is 4. The molecule has 140 valence electrons. The van der Waals surface area contributed by atoms with Gasteiger partial charge in [0.2, 0.25) is 0 Å². The predicted octanol–water partition coefficient (Wildman–Crippen LogP) is 5.46. The molecular formula is C19H21I2NO4. The Balaban J connectivity index is 1.92. The lowest BCUT2D eigenvalue weighted by atomic mass is 10.1. The lowest BCUT2D eigenvalue weighted by Crippen LogP contribution is -2.33. The Morgan fingerprint density at radius 2 is 1.85 bits per heavy atom. The maximum Gasteiger partial charge on any atom is 0.407 e. The first-order chi connectivity index (χ1) is 12.1. The van der Waals surface area contributed by atoms with Gasteiger partial charge >= 0.3 is 6.09 Å². The number of benzene rings is 2. The summed E-state index contributed by atoms with van der Waals surface area (Å²) in [5, 5.41) is 12.3. The molecule has 0 bridgehead atoms. The van der Waals surface area contributed by atoms with Crippen molar-refractivity contribution in [2.75, 3.05) is 6.54 Å². The number of rotatable bonds is 5. The fourth-order valence-corrected chi connectivity index (χ4v) is 3.26. The number of halogens is 2. The molecule has 5 nitrogen and oxygen atoms in total. The van der Waals surface area contributed by atoms with Crippen molar-refractivity contribution in [1.82, 2.24) is 5.32 Å². The van der Waals surface area contributed by atoms with Gasteiger partial charge in [-0.05, 0) is 108 Å². The van der Waals surface area contributed by atoms with Crippen LogP contribution in [0, 0.1) is 7.14 Å². The molecular weight excluding hydrogens is 560 g/mol. The third-order valence-electron chi connectivity index (χ3n) is 3.23. The number of alkyl carbamates (subject to hydrolysis) is 1. The molecule has 0 saturated carbocycles. The van der Waals surface area contributed by atoms with Gasteiger partial charge in [-0.2, -0.15) is 0 Å². The van der Waals surface area contributed by atoms with Crippen LogP contribution in [-0.4, -0.2) is 23.3 Å². The number of nitrogens with one attached hydrogen (secondary N) is 1. The summed E-state index contributed by atoms with van der Waals surface area (Å²) in [7, 11) is 0. The van der Waals surface area contributed by atoms with E-state index in [9.17, 15) is 9.90 Å². The molecule has 0 aliphatic carbocycles. The molecule has 2 aromatic carbocycles. The standard InChI is InChI=1S/C19H21I2NO4/c1-19(2,3)26-18(24)22-9-8-12-4-7-17(15(21)10-12)25-13-5-6-16(23)14(20)11-13/h4-7,10-11,23H,8-9H2,1-3H3,(H,22,24). The SMILES string of the molecule is CC(C)(C)OC(=O)NCCc1ccc(Oc2ccc(O)c(I)c2)c(I)c1. The van der Waals surface area contributed by atoms with E-state index >= 15 is 0 Å². The second-order valence-electron chi connectivity index (χ2n) is 6.66. The minimum absolute atomic E-state index is 0.237. The summed E-state index contributed by atoms with van der Waals surface area (Å²) in [5.41, 5.74) is 0.600. The predicted molar refractivity (Wildman–Crippen MR) is 118 cm³/mol. The van der Waals surface area contributed by atoms with Gasteiger partial charge < -0.3 is 19.9 Å². The summed E-state index contributed by atoms with van der Waals surface area (Å²) in [6.07, 6.45) is 0.293. The molecule has 0 aliphatic heterocycles. The number of amides is 1. The van der Waals surface area contributed by atoms with E-state index in [1.54, 1.807) is 18.2 Å². The van der Waals surface area contributed by atoms with E-state index in [0.717, 1.165) is 18.5 Å². The quantitative estimate of drug-likeness (QED) is 0.461. The van der Waals surface area contributed by atoms with Crippen molar-refractivity contribution in [2.24, 2.45) is 0 Å². The molecule has 0 fully saturated rings. The number of ether oxygens (including phenoxy) is 2. The maximum absolute atomic E-state index is 11.7. The second kappa shape index (κ2) is 9.12. The Morgan fingerprint density at radius 1 is 1.12 bits per heavy atom. The van der Waals surface area contributed by atoms with Crippen molar-refractivity contribution in [3.63, 3.8) is 0 Å². The molecule has 0 spiro atoms. The van der Waals surface area contributed by atoms with Gasteiger partial charge in [-0.3, -0.25) is 0 Å². The molecule has 0 unspecified atom stereocenters. The van der Waals surface area contributed by atoms with Gasteiger partial charge in [-0.25, -0.2) is 4.79 Å². The Labute approximate surface area is 180 Å². The highest BCUT2D eigenvalue weighted by Gasteiger charge is 2.15. The van der Waals surface area contributed by atoms with E-state index in [1.165, 1.54) is 0 Å². The number of carbonyl (C=O) groups excluding carboxylic acids is 1. The number of phenols is 1. The first kappa shape index (κ1) is 21.1. The highest BCUT2D eigenvalue weighted by molar-refractivity contribution is 14.1. The molecule has 2 N–H and O–H groups in total. The first-order valence-electron chi connectivity index (χ1n) is 8.06. The van der Waals surface area contributed by atoms with E-state index < -0.39 is 11.7 Å². The Hall–Kier alpha value is -1.23. The van der Waals surface area contributed by atoms with Crippen LogP contribution in [0.5, 0.6) is 17.2 Å². The molecule has 2 aromatic rings. The van der Waals surface area contributed by atoms with Crippen molar-refractivity contribution >= 4 is 51.3 Å². The van der Waals surface area contributed by atoms with E-state index in [2.05, 4.69) is 50.5 Å². The van der Waals surface area contributed by atoms with Crippen molar-refractivity contribution in [3.8, 4) is 17.2 Å². The zero-order chi connectivity index (χ0) is 19.3. The van der Waals surface area contributed by atoms with Crippen LogP contribution >= 0.6 is 45.2 Å². The van der Waals surface area contributed by atoms with E-state index in [1.807, 2.05) is 39.0 Å². The summed E-state index contributed by atoms with van der Waals surface area (Å²) in [6, 6.07) is 11.0. The summed E-state index contributed by atoms with van der Waals surface area (Å²) in [6.45, 7) is 6.01. The smallest absolute Gasteiger partial charge is 0.407 e. The minimum Gasteiger partial charge on any atom is -0.507 e. The van der Waals surface area contributed by atoms with Crippen molar-refractivity contribution in [2.45, 2.75) is 32.8 Å². The van der Waals surface area contributed by atoms with Gasteiger partial charge in [0.1, 0.15) is 22.8 Å². The molecule has 0 heterocycles. The zero-order valence-corrected chi connectivity index (χ0v) is 19.1. The molecule has 1 amide bonds.